The first-order chi connectivity index (χ1) is 7.68. The van der Waals surface area contributed by atoms with Crippen molar-refractivity contribution >= 4 is 27.9 Å². The zero-order valence-corrected chi connectivity index (χ0v) is 14.2. The monoisotopic (exact) mass is 358 g/mol. The topological polar surface area (TPSA) is 18.5 Å². The van der Waals surface area contributed by atoms with Crippen LogP contribution in [0.25, 0.3) is 0 Å². The molecule has 0 radical (unpaired) electrons. The second-order valence-electron chi connectivity index (χ2n) is 4.17. The number of rotatable bonds is 11. The Morgan fingerprint density at radius 3 is 1.81 bits per heavy atom. The summed E-state index contributed by atoms with van der Waals surface area (Å²) < 4.78 is 11.9. The maximum absolute atomic E-state index is 5.96. The van der Waals surface area contributed by atoms with E-state index >= 15 is 0 Å². The first kappa shape index (κ1) is 16.9. The highest BCUT2D eigenvalue weighted by Gasteiger charge is 2.33. The van der Waals surface area contributed by atoms with Gasteiger partial charge in [-0.05, 0) is 34.6 Å². The highest BCUT2D eigenvalue weighted by Crippen LogP contribution is 2.25. The van der Waals surface area contributed by atoms with Crippen LogP contribution in [0, 0.1) is 0 Å². The molecule has 0 fully saturated rings. The van der Waals surface area contributed by atoms with Crippen molar-refractivity contribution < 1.29 is 8.85 Å². The Balaban J connectivity index is 3.86. The van der Waals surface area contributed by atoms with Gasteiger partial charge in [-0.15, -0.1) is 0 Å². The van der Waals surface area contributed by atoms with Gasteiger partial charge in [-0.1, -0.05) is 46.5 Å². The van der Waals surface area contributed by atoms with Crippen LogP contribution in [0.15, 0.2) is 0 Å². The Hall–Kier alpha value is 0.867. The molecule has 98 valence electrons. The van der Waals surface area contributed by atoms with Crippen LogP contribution >= 0.6 is 21.8 Å². The second-order valence-corrected chi connectivity index (χ2v) is 11.5. The number of unbranched alkanes of at least 4 members (excludes halogenated alkanes) is 3. The second kappa shape index (κ2) is 11.0. The van der Waals surface area contributed by atoms with Crippen molar-refractivity contribution in [2.75, 3.05) is 13.2 Å². The highest BCUT2D eigenvalue weighted by molar-refractivity contribution is 14.1. The van der Waals surface area contributed by atoms with Crippen molar-refractivity contribution in [1.29, 1.82) is 0 Å². The third-order valence-electron chi connectivity index (χ3n) is 2.37. The minimum atomic E-state index is -1.87. The Bertz CT molecular complexity index is 148. The van der Waals surface area contributed by atoms with Gasteiger partial charge in [-0.3, -0.25) is 0 Å². The van der Waals surface area contributed by atoms with Gasteiger partial charge in [0.05, 0.1) is 0 Å². The largest absolute Gasteiger partial charge is 0.407 e. The van der Waals surface area contributed by atoms with Gasteiger partial charge >= 0.3 is 6.06 Å². The molecule has 0 heterocycles. The van der Waals surface area contributed by atoms with Crippen LogP contribution < -0.4 is 0 Å². The molecule has 16 heavy (non-hydrogen) atoms. The Morgan fingerprint density at radius 2 is 1.38 bits per heavy atom. The third kappa shape index (κ3) is 8.96. The third-order valence-corrected chi connectivity index (χ3v) is 8.08. The summed E-state index contributed by atoms with van der Waals surface area (Å²) in [5.41, 5.74) is 0. The summed E-state index contributed by atoms with van der Waals surface area (Å²) in [7, 11) is 0. The molecule has 0 aliphatic carbocycles. The molecular weight excluding hydrogens is 331 g/mol. The van der Waals surface area contributed by atoms with Gasteiger partial charge < -0.3 is 8.85 Å². The van der Waals surface area contributed by atoms with Crippen molar-refractivity contribution in [2.45, 2.75) is 65.3 Å². The van der Waals surface area contributed by atoms with Crippen molar-refractivity contribution in [3.63, 3.8) is 0 Å². The zero-order chi connectivity index (χ0) is 12.3. The van der Waals surface area contributed by atoms with Crippen LogP contribution in [0.5, 0.6) is 0 Å². The fourth-order valence-electron chi connectivity index (χ4n) is 1.46. The fourth-order valence-corrected chi connectivity index (χ4v) is 5.99. The molecule has 0 unspecified atom stereocenters. The molecule has 0 aliphatic rings. The Labute approximate surface area is 115 Å². The van der Waals surface area contributed by atoms with E-state index in [1.807, 2.05) is 0 Å². The lowest BCUT2D eigenvalue weighted by Crippen LogP contribution is -2.35. The number of hydrogen-bond acceptors (Lipinski definition) is 2. The lowest BCUT2D eigenvalue weighted by molar-refractivity contribution is 0.191. The lowest BCUT2D eigenvalue weighted by Gasteiger charge is -2.24. The summed E-state index contributed by atoms with van der Waals surface area (Å²) in [5, 5.41) is 0. The summed E-state index contributed by atoms with van der Waals surface area (Å²) in [4.78, 5) is 0. The van der Waals surface area contributed by atoms with Crippen LogP contribution in [0.2, 0.25) is 6.04 Å². The maximum atomic E-state index is 5.96. The molecule has 0 bridgehead atoms. The predicted molar refractivity (Wildman–Crippen MR) is 81.2 cm³/mol. The van der Waals surface area contributed by atoms with E-state index in [0.717, 1.165) is 32.1 Å². The van der Waals surface area contributed by atoms with E-state index in [2.05, 4.69) is 42.6 Å². The van der Waals surface area contributed by atoms with Crippen molar-refractivity contribution in [3.8, 4) is 0 Å². The van der Waals surface area contributed by atoms with E-state index in [9.17, 15) is 0 Å². The van der Waals surface area contributed by atoms with E-state index in [-0.39, 0.29) is 0 Å². The molecule has 0 spiro atoms. The highest BCUT2D eigenvalue weighted by atomic mass is 127. The average molecular weight is 358 g/mol. The molecule has 0 aromatic carbocycles. The van der Waals surface area contributed by atoms with Crippen molar-refractivity contribution in [3.05, 3.63) is 0 Å². The first-order valence-electron chi connectivity index (χ1n) is 6.65. The SMILES string of the molecule is CCCCCC[Si](I)(OCCC)OCCC. The standard InChI is InChI=1S/C12H27IO2Si/c1-4-7-8-9-12-16(13,14-10-5-2)15-11-6-3/h4-12H2,1-3H3. The fraction of sp³-hybridized carbons (Fsp3) is 1.00. The maximum Gasteiger partial charge on any atom is 0.407 e. The van der Waals surface area contributed by atoms with E-state index in [0.29, 0.717) is 0 Å². The van der Waals surface area contributed by atoms with Crippen LogP contribution in [-0.4, -0.2) is 19.3 Å². The minimum absolute atomic E-state index is 0.854. The quantitative estimate of drug-likeness (QED) is 0.229. The van der Waals surface area contributed by atoms with E-state index in [4.69, 9.17) is 8.85 Å². The summed E-state index contributed by atoms with van der Waals surface area (Å²) in [5.74, 6) is 0. The summed E-state index contributed by atoms with van der Waals surface area (Å²) in [6, 6.07) is -0.725. The molecule has 4 heteroatoms. The predicted octanol–water partition coefficient (Wildman–Crippen LogP) is 4.79. The van der Waals surface area contributed by atoms with E-state index in [1.165, 1.54) is 25.7 Å². The lowest BCUT2D eigenvalue weighted by atomic mass is 10.2. The molecule has 0 atom stereocenters. The summed E-state index contributed by atoms with van der Waals surface area (Å²) in [6.45, 7) is 8.26. The molecule has 0 rings (SSSR count). The van der Waals surface area contributed by atoms with Gasteiger partial charge in [-0.2, -0.15) is 0 Å². The smallest absolute Gasteiger partial charge is 0.387 e. The molecule has 0 amide bonds. The minimum Gasteiger partial charge on any atom is -0.387 e. The summed E-state index contributed by atoms with van der Waals surface area (Å²) in [6.07, 6.45) is 7.38. The Kier molecular flexibility index (Phi) is 11.6. The van der Waals surface area contributed by atoms with Crippen LogP contribution in [0.4, 0.5) is 0 Å². The molecule has 0 aromatic rings. The molecule has 0 saturated carbocycles. The van der Waals surface area contributed by atoms with Gasteiger partial charge in [-0.25, -0.2) is 0 Å². The average Bonchev–Trinajstić information content (AvgIpc) is 2.30. The van der Waals surface area contributed by atoms with Gasteiger partial charge in [0.15, 0.2) is 0 Å². The van der Waals surface area contributed by atoms with Crippen LogP contribution in [0.3, 0.4) is 0 Å². The van der Waals surface area contributed by atoms with Crippen LogP contribution in [-0.2, 0) is 8.85 Å². The van der Waals surface area contributed by atoms with Gasteiger partial charge in [0.25, 0.3) is 0 Å². The normalized spacial score (nSPS) is 12.0. The molecule has 0 N–H and O–H groups in total. The molecular formula is C12H27IO2Si. The Morgan fingerprint density at radius 1 is 0.812 bits per heavy atom. The van der Waals surface area contributed by atoms with Gasteiger partial charge in [0, 0.05) is 19.3 Å². The van der Waals surface area contributed by atoms with Crippen molar-refractivity contribution in [1.82, 2.24) is 0 Å². The zero-order valence-electron chi connectivity index (χ0n) is 11.1. The molecule has 0 aliphatic heterocycles. The molecule has 0 aromatic heterocycles. The van der Waals surface area contributed by atoms with Crippen LogP contribution in [0.1, 0.15) is 59.3 Å². The summed E-state index contributed by atoms with van der Waals surface area (Å²) >= 11 is 2.47. The number of halogens is 1. The van der Waals surface area contributed by atoms with E-state index in [1.54, 1.807) is 0 Å². The van der Waals surface area contributed by atoms with Gasteiger partial charge in [0.2, 0.25) is 0 Å². The first-order valence-corrected chi connectivity index (χ1v) is 11.8. The van der Waals surface area contributed by atoms with Crippen molar-refractivity contribution in [2.24, 2.45) is 0 Å². The number of hydrogen-bond donors (Lipinski definition) is 0. The van der Waals surface area contributed by atoms with E-state index < -0.39 is 6.06 Å². The molecule has 2 nitrogen and oxygen atoms in total. The molecule has 0 saturated heterocycles. The van der Waals surface area contributed by atoms with Gasteiger partial charge in [0.1, 0.15) is 0 Å².